The number of piperidine rings is 1. The Hall–Kier alpha value is -1.53. The fourth-order valence-corrected chi connectivity index (χ4v) is 9.58. The van der Waals surface area contributed by atoms with Gasteiger partial charge < -0.3 is 10.6 Å². The number of hydrogen-bond acceptors (Lipinski definition) is 2. The highest BCUT2D eigenvalue weighted by Gasteiger charge is 2.62. The second kappa shape index (κ2) is 9.26. The summed E-state index contributed by atoms with van der Waals surface area (Å²) in [6, 6.07) is 1.27. The van der Waals surface area contributed by atoms with E-state index < -0.39 is 46.4 Å². The van der Waals surface area contributed by atoms with E-state index in [1.165, 1.54) is 0 Å². The lowest BCUT2D eigenvalue weighted by atomic mass is 9.47. The molecule has 1 aliphatic heterocycles. The number of amides is 2. The third-order valence-corrected chi connectivity index (χ3v) is 11.3. The molecule has 1 aromatic carbocycles. The van der Waals surface area contributed by atoms with Gasteiger partial charge in [-0.15, -0.1) is 0 Å². The lowest BCUT2D eigenvalue weighted by Crippen LogP contribution is -2.63. The Morgan fingerprint density at radius 1 is 0.974 bits per heavy atom. The molecule has 210 valence electrons. The predicted octanol–water partition coefficient (Wildman–Crippen LogP) is 7.21. The molecule has 4 fully saturated rings. The summed E-state index contributed by atoms with van der Waals surface area (Å²) in [5.41, 5.74) is -3.88. The SMILES string of the molecule is C[C@]12CC(I)C(=O)N[C@@H]1CC[C@@H]1[C@@H]2CC[C@]2(C)[C@@H](C(=O)Nc3cc(C(F)(F)F)ccc3C(F)(F)F)CC[C@@H]12. The van der Waals surface area contributed by atoms with Crippen LogP contribution in [0.3, 0.4) is 0 Å². The first-order chi connectivity index (χ1) is 17.6. The molecule has 3 saturated carbocycles. The van der Waals surface area contributed by atoms with Crippen molar-refractivity contribution in [1.29, 1.82) is 0 Å². The maximum Gasteiger partial charge on any atom is 0.418 e. The largest absolute Gasteiger partial charge is 0.418 e. The van der Waals surface area contributed by atoms with Crippen molar-refractivity contribution in [1.82, 2.24) is 5.32 Å². The van der Waals surface area contributed by atoms with Gasteiger partial charge in [0, 0.05) is 12.0 Å². The van der Waals surface area contributed by atoms with Gasteiger partial charge in [0.25, 0.3) is 0 Å². The lowest BCUT2D eigenvalue weighted by Gasteiger charge is -2.60. The van der Waals surface area contributed by atoms with Crippen molar-refractivity contribution in [3.63, 3.8) is 0 Å². The quantitative estimate of drug-likeness (QED) is 0.201. The Balaban J connectivity index is 1.39. The van der Waals surface area contributed by atoms with Gasteiger partial charge in [0.2, 0.25) is 11.8 Å². The third-order valence-electron chi connectivity index (χ3n) is 10.3. The number of anilines is 1. The average molecular weight is 656 g/mol. The first kappa shape index (κ1) is 28.0. The number of nitrogens with one attached hydrogen (secondary N) is 2. The molecule has 8 atom stereocenters. The molecule has 11 heteroatoms. The van der Waals surface area contributed by atoms with E-state index >= 15 is 0 Å². The third kappa shape index (κ3) is 4.52. The molecule has 0 bridgehead atoms. The van der Waals surface area contributed by atoms with E-state index in [4.69, 9.17) is 0 Å². The number of carbonyl (C=O) groups excluding carboxylic acids is 2. The number of benzene rings is 1. The van der Waals surface area contributed by atoms with Crippen molar-refractivity contribution in [3.8, 4) is 0 Å². The van der Waals surface area contributed by atoms with Crippen LogP contribution < -0.4 is 10.6 Å². The van der Waals surface area contributed by atoms with Gasteiger partial charge >= 0.3 is 12.4 Å². The highest BCUT2D eigenvalue weighted by molar-refractivity contribution is 14.1. The monoisotopic (exact) mass is 656 g/mol. The second-order valence-corrected chi connectivity index (χ2v) is 13.6. The van der Waals surface area contributed by atoms with Crippen molar-refractivity contribution in [3.05, 3.63) is 29.3 Å². The van der Waals surface area contributed by atoms with Crippen LogP contribution in [0.5, 0.6) is 0 Å². The summed E-state index contributed by atoms with van der Waals surface area (Å²) in [6.45, 7) is 4.29. The fourth-order valence-electron chi connectivity index (χ4n) is 8.45. The standard InChI is InChI=1S/C27H31F6IN2O2/c1-24-10-9-16-14(4-8-21-25(16,2)12-19(34)23(38)36-21)15(24)6-7-18(24)22(37)35-20-11-13(26(28,29)30)3-5-17(20)27(31,32)33/h3,5,11,14-16,18-19,21H,4,6-10,12H2,1-2H3,(H,35,37)(H,36,38)/t14-,15-,16-,18+,19?,21+,24-,25+/m0/s1. The van der Waals surface area contributed by atoms with Crippen molar-refractivity contribution in [2.75, 3.05) is 5.32 Å². The van der Waals surface area contributed by atoms with E-state index in [1.807, 2.05) is 6.92 Å². The molecule has 38 heavy (non-hydrogen) atoms. The number of hydrogen-bond donors (Lipinski definition) is 2. The zero-order valence-corrected chi connectivity index (χ0v) is 23.3. The van der Waals surface area contributed by atoms with Gasteiger partial charge in [-0.1, -0.05) is 36.4 Å². The van der Waals surface area contributed by atoms with Gasteiger partial charge in [0.1, 0.15) is 0 Å². The Labute approximate surface area is 231 Å². The molecule has 0 aromatic heterocycles. The molecule has 0 spiro atoms. The molecule has 3 aliphatic carbocycles. The lowest BCUT2D eigenvalue weighted by molar-refractivity contribution is -0.141. The van der Waals surface area contributed by atoms with E-state index in [0.29, 0.717) is 42.9 Å². The minimum atomic E-state index is -4.91. The van der Waals surface area contributed by atoms with Crippen molar-refractivity contribution in [2.24, 2.45) is 34.5 Å². The Morgan fingerprint density at radius 3 is 2.32 bits per heavy atom. The van der Waals surface area contributed by atoms with E-state index in [2.05, 4.69) is 40.1 Å². The Kier molecular flexibility index (Phi) is 6.83. The summed E-state index contributed by atoms with van der Waals surface area (Å²) >= 11 is 2.20. The first-order valence-corrected chi connectivity index (χ1v) is 14.3. The topological polar surface area (TPSA) is 58.2 Å². The number of rotatable bonds is 2. The van der Waals surface area contributed by atoms with E-state index in [-0.39, 0.29) is 27.2 Å². The zero-order valence-electron chi connectivity index (χ0n) is 21.1. The van der Waals surface area contributed by atoms with Gasteiger partial charge in [0.05, 0.1) is 20.7 Å². The summed E-state index contributed by atoms with van der Waals surface area (Å²) < 4.78 is 80.5. The van der Waals surface area contributed by atoms with Crippen LogP contribution >= 0.6 is 22.6 Å². The molecule has 1 aromatic rings. The molecular weight excluding hydrogens is 625 g/mol. The molecule has 4 nitrogen and oxygen atoms in total. The van der Waals surface area contributed by atoms with E-state index in [9.17, 15) is 35.9 Å². The highest BCUT2D eigenvalue weighted by atomic mass is 127. The summed E-state index contributed by atoms with van der Waals surface area (Å²) in [5.74, 6) is -0.236. The first-order valence-electron chi connectivity index (χ1n) is 13.1. The normalized spacial score (nSPS) is 39.0. The van der Waals surface area contributed by atoms with Crippen LogP contribution in [0.4, 0.5) is 32.0 Å². The second-order valence-electron chi connectivity index (χ2n) is 12.1. The molecule has 1 unspecified atom stereocenters. The highest BCUT2D eigenvalue weighted by Crippen LogP contribution is 2.66. The Morgan fingerprint density at radius 2 is 1.66 bits per heavy atom. The molecule has 2 amide bonds. The van der Waals surface area contributed by atoms with Gasteiger partial charge in [-0.3, -0.25) is 9.59 Å². The van der Waals surface area contributed by atoms with Crippen molar-refractivity contribution < 1.29 is 35.9 Å². The van der Waals surface area contributed by atoms with Gasteiger partial charge in [-0.25, -0.2) is 0 Å². The molecule has 1 heterocycles. The number of carbonyl (C=O) groups is 2. The maximum absolute atomic E-state index is 13.6. The van der Waals surface area contributed by atoms with Crippen LogP contribution in [-0.4, -0.2) is 21.8 Å². The van der Waals surface area contributed by atoms with Gasteiger partial charge in [0.15, 0.2) is 0 Å². The minimum absolute atomic E-state index is 0.0516. The van der Waals surface area contributed by atoms with Crippen LogP contribution in [0.25, 0.3) is 0 Å². The van der Waals surface area contributed by atoms with Crippen molar-refractivity contribution >= 4 is 40.1 Å². The predicted molar refractivity (Wildman–Crippen MR) is 137 cm³/mol. The van der Waals surface area contributed by atoms with Crippen molar-refractivity contribution in [2.45, 2.75) is 81.1 Å². The summed E-state index contributed by atoms with van der Waals surface area (Å²) in [7, 11) is 0. The van der Waals surface area contributed by atoms with Crippen LogP contribution in [0.15, 0.2) is 18.2 Å². The van der Waals surface area contributed by atoms with Gasteiger partial charge in [-0.2, -0.15) is 26.3 Å². The molecule has 2 N–H and O–H groups in total. The van der Waals surface area contributed by atoms with Gasteiger partial charge in [-0.05, 0) is 91.7 Å². The maximum atomic E-state index is 13.6. The molecule has 1 saturated heterocycles. The van der Waals surface area contributed by atoms with Crippen LogP contribution in [-0.2, 0) is 21.9 Å². The number of halogens is 7. The summed E-state index contributed by atoms with van der Waals surface area (Å²) in [4.78, 5) is 25.8. The smallest absolute Gasteiger partial charge is 0.352 e. The molecule has 5 rings (SSSR count). The Bertz CT molecular complexity index is 1140. The number of alkyl halides is 7. The summed E-state index contributed by atoms with van der Waals surface area (Å²) in [5, 5.41) is 5.47. The fraction of sp³-hybridized carbons (Fsp3) is 0.704. The minimum Gasteiger partial charge on any atom is -0.352 e. The average Bonchev–Trinajstić information content (AvgIpc) is 3.16. The van der Waals surface area contributed by atoms with Crippen LogP contribution in [0.1, 0.15) is 69.9 Å². The molecule has 0 radical (unpaired) electrons. The zero-order chi connectivity index (χ0) is 27.8. The molecule has 4 aliphatic rings. The number of fused-ring (bicyclic) bond motifs is 5. The van der Waals surface area contributed by atoms with Crippen LogP contribution in [0.2, 0.25) is 0 Å². The van der Waals surface area contributed by atoms with Crippen LogP contribution in [0, 0.1) is 34.5 Å². The van der Waals surface area contributed by atoms with E-state index in [0.717, 1.165) is 32.1 Å². The molecular formula is C27H31F6IN2O2. The summed E-state index contributed by atoms with van der Waals surface area (Å²) in [6.07, 6.45) is -4.36. The van der Waals surface area contributed by atoms with E-state index in [1.54, 1.807) is 0 Å².